The number of halogens is 3. The largest absolute Gasteiger partial charge is 0.494 e. The predicted molar refractivity (Wildman–Crippen MR) is 134 cm³/mol. The lowest BCUT2D eigenvalue weighted by Crippen LogP contribution is -1.99. The van der Waals surface area contributed by atoms with Crippen LogP contribution in [0.2, 0.25) is 0 Å². The summed E-state index contributed by atoms with van der Waals surface area (Å²) in [5, 5.41) is 0. The van der Waals surface area contributed by atoms with E-state index in [4.69, 9.17) is 9.47 Å². The van der Waals surface area contributed by atoms with E-state index in [2.05, 4.69) is 0 Å². The van der Waals surface area contributed by atoms with E-state index in [-0.39, 0.29) is 23.5 Å². The molecule has 0 aromatic heterocycles. The number of ether oxygens (including phenoxy) is 2. The Bertz CT molecular complexity index is 1330. The molecule has 35 heavy (non-hydrogen) atoms. The molecular formula is C30H25F3O2. The first kappa shape index (κ1) is 24.1. The summed E-state index contributed by atoms with van der Waals surface area (Å²) in [7, 11) is 0. The topological polar surface area (TPSA) is 18.5 Å². The molecule has 0 unspecified atom stereocenters. The fraction of sp³-hybridized carbons (Fsp3) is 0.133. The lowest BCUT2D eigenvalue weighted by Gasteiger charge is -2.11. The van der Waals surface area contributed by atoms with Gasteiger partial charge >= 0.3 is 0 Å². The standard InChI is InChI=1S/C30H25F3O2/c1-3-5-20-6-10-22(11-7-20)25-15-16-26(30(33)29(25)32)23-12-8-21(9-13-23)19-35-28-17-14-24(34-4-2)18-27(28)31/h3,5-18H,4,19H2,1-2H3/b5-3+. The number of allylic oxidation sites excluding steroid dienone is 1. The molecule has 5 heteroatoms. The van der Waals surface area contributed by atoms with E-state index in [1.165, 1.54) is 12.1 Å². The Balaban J connectivity index is 1.48. The minimum Gasteiger partial charge on any atom is -0.494 e. The zero-order valence-corrected chi connectivity index (χ0v) is 19.5. The highest BCUT2D eigenvalue weighted by molar-refractivity contribution is 5.72. The quantitative estimate of drug-likeness (QED) is 0.255. The molecule has 4 aromatic carbocycles. The van der Waals surface area contributed by atoms with Crippen molar-refractivity contribution in [3.8, 4) is 33.8 Å². The van der Waals surface area contributed by atoms with Crippen molar-refractivity contribution in [1.29, 1.82) is 0 Å². The fourth-order valence-corrected chi connectivity index (χ4v) is 3.76. The van der Waals surface area contributed by atoms with Crippen LogP contribution in [0.1, 0.15) is 25.0 Å². The zero-order valence-electron chi connectivity index (χ0n) is 19.5. The van der Waals surface area contributed by atoms with Gasteiger partial charge in [0.05, 0.1) is 6.61 Å². The van der Waals surface area contributed by atoms with Crippen LogP contribution in [0.5, 0.6) is 11.5 Å². The molecule has 4 rings (SSSR count). The van der Waals surface area contributed by atoms with Crippen molar-refractivity contribution >= 4 is 6.08 Å². The maximum absolute atomic E-state index is 15.0. The molecule has 0 aliphatic heterocycles. The van der Waals surface area contributed by atoms with Gasteiger partial charge in [0.15, 0.2) is 23.2 Å². The van der Waals surface area contributed by atoms with Gasteiger partial charge in [-0.05, 0) is 48.2 Å². The van der Waals surface area contributed by atoms with E-state index in [0.29, 0.717) is 23.5 Å². The van der Waals surface area contributed by atoms with Crippen LogP contribution in [0, 0.1) is 17.5 Å². The molecule has 0 N–H and O–H groups in total. The lowest BCUT2D eigenvalue weighted by atomic mass is 9.97. The Morgan fingerprint density at radius 2 is 1.31 bits per heavy atom. The van der Waals surface area contributed by atoms with Gasteiger partial charge in [0.1, 0.15) is 12.4 Å². The maximum atomic E-state index is 15.0. The van der Waals surface area contributed by atoms with E-state index >= 15 is 0 Å². The first-order valence-corrected chi connectivity index (χ1v) is 11.4. The Hall–Kier alpha value is -3.99. The lowest BCUT2D eigenvalue weighted by molar-refractivity contribution is 0.287. The second-order valence-electron chi connectivity index (χ2n) is 7.92. The van der Waals surface area contributed by atoms with E-state index < -0.39 is 17.5 Å². The second kappa shape index (κ2) is 11.0. The third-order valence-corrected chi connectivity index (χ3v) is 5.54. The maximum Gasteiger partial charge on any atom is 0.168 e. The fourth-order valence-electron chi connectivity index (χ4n) is 3.76. The summed E-state index contributed by atoms with van der Waals surface area (Å²) in [5.41, 5.74) is 3.27. The summed E-state index contributed by atoms with van der Waals surface area (Å²) in [4.78, 5) is 0. The van der Waals surface area contributed by atoms with Gasteiger partial charge in [0.2, 0.25) is 0 Å². The molecular weight excluding hydrogens is 449 g/mol. The van der Waals surface area contributed by atoms with Crippen LogP contribution in [0.3, 0.4) is 0 Å². The van der Waals surface area contributed by atoms with Gasteiger partial charge in [-0.15, -0.1) is 0 Å². The number of hydrogen-bond acceptors (Lipinski definition) is 2. The summed E-state index contributed by atoms with van der Waals surface area (Å²) in [6, 6.07) is 21.7. The molecule has 0 fully saturated rings. The van der Waals surface area contributed by atoms with Gasteiger partial charge < -0.3 is 9.47 Å². The first-order valence-electron chi connectivity index (χ1n) is 11.4. The number of rotatable bonds is 8. The molecule has 0 aliphatic rings. The van der Waals surface area contributed by atoms with E-state index in [1.54, 1.807) is 54.6 Å². The summed E-state index contributed by atoms with van der Waals surface area (Å²) in [5.74, 6) is -1.76. The second-order valence-corrected chi connectivity index (χ2v) is 7.92. The summed E-state index contributed by atoms with van der Waals surface area (Å²) >= 11 is 0. The highest BCUT2D eigenvalue weighted by Crippen LogP contribution is 2.32. The molecule has 0 bridgehead atoms. The molecule has 0 amide bonds. The SMILES string of the molecule is C/C=C/c1ccc(-c2ccc(-c3ccc(COc4ccc(OCC)cc4F)cc3)c(F)c2F)cc1. The molecule has 0 radical (unpaired) electrons. The van der Waals surface area contributed by atoms with E-state index in [9.17, 15) is 13.2 Å². The van der Waals surface area contributed by atoms with Gasteiger partial charge in [-0.3, -0.25) is 0 Å². The normalized spacial score (nSPS) is 11.1. The Morgan fingerprint density at radius 3 is 1.86 bits per heavy atom. The first-order chi connectivity index (χ1) is 17.0. The Morgan fingerprint density at radius 1 is 0.714 bits per heavy atom. The van der Waals surface area contributed by atoms with Crippen molar-refractivity contribution in [3.05, 3.63) is 114 Å². The summed E-state index contributed by atoms with van der Waals surface area (Å²) < 4.78 is 54.9. The van der Waals surface area contributed by atoms with E-state index in [0.717, 1.165) is 11.1 Å². The number of hydrogen-bond donors (Lipinski definition) is 0. The molecule has 0 atom stereocenters. The molecule has 0 saturated heterocycles. The number of benzene rings is 4. The predicted octanol–water partition coefficient (Wildman–Crippen LogP) is 8.45. The average Bonchev–Trinajstić information content (AvgIpc) is 2.87. The van der Waals surface area contributed by atoms with Gasteiger partial charge in [0.25, 0.3) is 0 Å². The van der Waals surface area contributed by atoms with Crippen molar-refractivity contribution in [2.45, 2.75) is 20.5 Å². The van der Waals surface area contributed by atoms with Crippen molar-refractivity contribution in [2.75, 3.05) is 6.61 Å². The Kier molecular flexibility index (Phi) is 7.56. The van der Waals surface area contributed by atoms with Crippen molar-refractivity contribution < 1.29 is 22.6 Å². The monoisotopic (exact) mass is 474 g/mol. The molecule has 0 saturated carbocycles. The molecule has 178 valence electrons. The van der Waals surface area contributed by atoms with Gasteiger partial charge in [0, 0.05) is 17.2 Å². The third kappa shape index (κ3) is 5.57. The summed E-state index contributed by atoms with van der Waals surface area (Å²) in [6.45, 7) is 4.32. The molecule has 0 heterocycles. The van der Waals surface area contributed by atoms with Crippen LogP contribution in [0.4, 0.5) is 13.2 Å². The molecule has 2 nitrogen and oxygen atoms in total. The van der Waals surface area contributed by atoms with Crippen LogP contribution in [-0.4, -0.2) is 6.61 Å². The van der Waals surface area contributed by atoms with E-state index in [1.807, 2.05) is 38.1 Å². The molecule has 0 aliphatic carbocycles. The zero-order chi connectivity index (χ0) is 24.8. The van der Waals surface area contributed by atoms with Crippen LogP contribution >= 0.6 is 0 Å². The summed E-state index contributed by atoms with van der Waals surface area (Å²) in [6.07, 6.45) is 3.85. The van der Waals surface area contributed by atoms with Crippen molar-refractivity contribution in [3.63, 3.8) is 0 Å². The third-order valence-electron chi connectivity index (χ3n) is 5.54. The minimum absolute atomic E-state index is 0.111. The molecule has 0 spiro atoms. The minimum atomic E-state index is -0.902. The van der Waals surface area contributed by atoms with Crippen LogP contribution in [0.25, 0.3) is 28.3 Å². The van der Waals surface area contributed by atoms with Gasteiger partial charge in [-0.25, -0.2) is 13.2 Å². The average molecular weight is 475 g/mol. The van der Waals surface area contributed by atoms with Crippen molar-refractivity contribution in [2.24, 2.45) is 0 Å². The van der Waals surface area contributed by atoms with Crippen molar-refractivity contribution in [1.82, 2.24) is 0 Å². The van der Waals surface area contributed by atoms with Crippen LogP contribution in [0.15, 0.2) is 84.9 Å². The smallest absolute Gasteiger partial charge is 0.168 e. The van der Waals surface area contributed by atoms with Gasteiger partial charge in [-0.1, -0.05) is 72.8 Å². The molecule has 4 aromatic rings. The van der Waals surface area contributed by atoms with Gasteiger partial charge in [-0.2, -0.15) is 0 Å². The Labute approximate surface area is 203 Å². The highest BCUT2D eigenvalue weighted by Gasteiger charge is 2.16. The van der Waals surface area contributed by atoms with Crippen LogP contribution in [-0.2, 0) is 6.61 Å². The highest BCUT2D eigenvalue weighted by atomic mass is 19.2. The van der Waals surface area contributed by atoms with Crippen LogP contribution < -0.4 is 9.47 Å².